The third-order valence-electron chi connectivity index (χ3n) is 1.05. The topological polar surface area (TPSA) is 51.4 Å². The van der Waals surface area contributed by atoms with Gasteiger partial charge in [0.05, 0.1) is 13.3 Å². The molecule has 0 fully saturated rings. The largest absolute Gasteiger partial charge is 0.389 e. The number of hydrogen-bond acceptors (Lipinski definition) is 5. The Bertz CT molecular complexity index is 212. The molecule has 1 aromatic rings. The van der Waals surface area contributed by atoms with Crippen molar-refractivity contribution in [2.24, 2.45) is 0 Å². The molecule has 0 atom stereocenters. The van der Waals surface area contributed by atoms with Gasteiger partial charge in [0.25, 0.3) is 0 Å². The summed E-state index contributed by atoms with van der Waals surface area (Å²) in [7, 11) is 3.36. The minimum Gasteiger partial charge on any atom is -0.389 e. The SMILES string of the molecule is CON(C)c1ncc(N)s1. The van der Waals surface area contributed by atoms with Crippen molar-refractivity contribution < 1.29 is 4.84 Å². The van der Waals surface area contributed by atoms with E-state index < -0.39 is 0 Å². The minimum atomic E-state index is 0.693. The van der Waals surface area contributed by atoms with Crippen molar-refractivity contribution in [3.8, 4) is 0 Å². The monoisotopic (exact) mass is 159 g/mol. The van der Waals surface area contributed by atoms with E-state index in [4.69, 9.17) is 10.6 Å². The Morgan fingerprint density at radius 3 is 2.90 bits per heavy atom. The van der Waals surface area contributed by atoms with Gasteiger partial charge in [-0.05, 0) is 0 Å². The quantitative estimate of drug-likeness (QED) is 0.646. The van der Waals surface area contributed by atoms with Gasteiger partial charge in [-0.2, -0.15) is 0 Å². The van der Waals surface area contributed by atoms with Gasteiger partial charge in [0.2, 0.25) is 5.13 Å². The molecular formula is C5H9N3OS. The molecule has 4 nitrogen and oxygen atoms in total. The molecule has 0 saturated carbocycles. The van der Waals surface area contributed by atoms with E-state index in [0.717, 1.165) is 5.13 Å². The maximum Gasteiger partial charge on any atom is 0.211 e. The summed E-state index contributed by atoms with van der Waals surface area (Å²) in [6.45, 7) is 0. The lowest BCUT2D eigenvalue weighted by Crippen LogP contribution is -2.13. The molecule has 0 amide bonds. The highest BCUT2D eigenvalue weighted by Crippen LogP contribution is 2.22. The molecule has 5 heteroatoms. The summed E-state index contributed by atoms with van der Waals surface area (Å²) >= 11 is 1.39. The Kier molecular flexibility index (Phi) is 2.08. The van der Waals surface area contributed by atoms with Crippen LogP contribution in [-0.4, -0.2) is 19.1 Å². The number of hydroxylamine groups is 1. The van der Waals surface area contributed by atoms with E-state index in [1.807, 2.05) is 0 Å². The fourth-order valence-corrected chi connectivity index (χ4v) is 1.13. The van der Waals surface area contributed by atoms with Crippen molar-refractivity contribution in [3.05, 3.63) is 6.20 Å². The fourth-order valence-electron chi connectivity index (χ4n) is 0.501. The number of aromatic nitrogens is 1. The third kappa shape index (κ3) is 1.37. The molecule has 1 aromatic heterocycles. The highest BCUT2D eigenvalue weighted by molar-refractivity contribution is 7.19. The minimum absolute atomic E-state index is 0.693. The van der Waals surface area contributed by atoms with Gasteiger partial charge in [0.1, 0.15) is 5.00 Å². The van der Waals surface area contributed by atoms with Crippen LogP contribution in [0.25, 0.3) is 0 Å². The number of thiazole rings is 1. The molecule has 0 saturated heterocycles. The zero-order valence-electron chi connectivity index (χ0n) is 5.87. The maximum atomic E-state index is 5.44. The Labute approximate surface area is 63.2 Å². The summed E-state index contributed by atoms with van der Waals surface area (Å²) < 4.78 is 0. The first kappa shape index (κ1) is 7.30. The van der Waals surface area contributed by atoms with Crippen LogP contribution in [0.5, 0.6) is 0 Å². The molecule has 0 aliphatic rings. The second-order valence-corrected chi connectivity index (χ2v) is 2.77. The Morgan fingerprint density at radius 2 is 2.50 bits per heavy atom. The van der Waals surface area contributed by atoms with Gasteiger partial charge in [-0.15, -0.1) is 0 Å². The summed E-state index contributed by atoms with van der Waals surface area (Å²) in [5, 5.41) is 3.01. The van der Waals surface area contributed by atoms with Crippen molar-refractivity contribution in [1.82, 2.24) is 4.98 Å². The van der Waals surface area contributed by atoms with Gasteiger partial charge in [-0.1, -0.05) is 11.3 Å². The van der Waals surface area contributed by atoms with E-state index in [2.05, 4.69) is 4.98 Å². The first-order valence-electron chi connectivity index (χ1n) is 2.73. The van der Waals surface area contributed by atoms with E-state index >= 15 is 0 Å². The predicted molar refractivity (Wildman–Crippen MR) is 41.9 cm³/mol. The van der Waals surface area contributed by atoms with E-state index in [0.29, 0.717) is 5.00 Å². The van der Waals surface area contributed by atoms with Crippen molar-refractivity contribution in [3.63, 3.8) is 0 Å². The molecule has 0 unspecified atom stereocenters. The molecule has 0 radical (unpaired) electrons. The lowest BCUT2D eigenvalue weighted by Gasteiger charge is -2.09. The van der Waals surface area contributed by atoms with Crippen molar-refractivity contribution in [2.75, 3.05) is 25.0 Å². The number of anilines is 2. The lowest BCUT2D eigenvalue weighted by molar-refractivity contribution is 0.184. The summed E-state index contributed by atoms with van der Waals surface area (Å²) in [5.74, 6) is 0. The number of nitrogens with two attached hydrogens (primary N) is 1. The number of rotatable bonds is 2. The Hall–Kier alpha value is -0.810. The van der Waals surface area contributed by atoms with E-state index in [1.54, 1.807) is 25.4 Å². The molecule has 0 spiro atoms. The summed E-state index contributed by atoms with van der Waals surface area (Å²) in [6, 6.07) is 0. The van der Waals surface area contributed by atoms with Gasteiger partial charge in [0, 0.05) is 7.05 Å². The maximum absolute atomic E-state index is 5.44. The summed E-state index contributed by atoms with van der Waals surface area (Å²) in [4.78, 5) is 8.86. The van der Waals surface area contributed by atoms with Gasteiger partial charge in [-0.25, -0.2) is 10.0 Å². The Morgan fingerprint density at radius 1 is 1.80 bits per heavy atom. The van der Waals surface area contributed by atoms with E-state index in [-0.39, 0.29) is 0 Å². The second kappa shape index (κ2) is 2.85. The van der Waals surface area contributed by atoms with E-state index in [9.17, 15) is 0 Å². The molecule has 56 valence electrons. The van der Waals surface area contributed by atoms with Crippen LogP contribution in [0.3, 0.4) is 0 Å². The molecule has 1 heterocycles. The van der Waals surface area contributed by atoms with Crippen molar-refractivity contribution in [2.45, 2.75) is 0 Å². The van der Waals surface area contributed by atoms with Crippen LogP contribution in [0.1, 0.15) is 0 Å². The number of hydrogen-bond donors (Lipinski definition) is 1. The summed E-state index contributed by atoms with van der Waals surface area (Å²) in [6.07, 6.45) is 1.61. The first-order valence-corrected chi connectivity index (χ1v) is 3.55. The smallest absolute Gasteiger partial charge is 0.211 e. The van der Waals surface area contributed by atoms with Gasteiger partial charge in [-0.3, -0.25) is 4.84 Å². The van der Waals surface area contributed by atoms with Crippen LogP contribution in [-0.2, 0) is 4.84 Å². The molecule has 1 rings (SSSR count). The predicted octanol–water partition coefficient (Wildman–Crippen LogP) is 0.723. The molecule has 0 aliphatic carbocycles. The molecule has 2 N–H and O–H groups in total. The molecule has 0 aliphatic heterocycles. The highest BCUT2D eigenvalue weighted by Gasteiger charge is 2.02. The van der Waals surface area contributed by atoms with Crippen LogP contribution in [0.2, 0.25) is 0 Å². The zero-order valence-corrected chi connectivity index (χ0v) is 6.68. The number of nitrogens with zero attached hydrogens (tertiary/aromatic N) is 2. The van der Waals surface area contributed by atoms with E-state index in [1.165, 1.54) is 11.3 Å². The molecule has 10 heavy (non-hydrogen) atoms. The van der Waals surface area contributed by atoms with Crippen LogP contribution < -0.4 is 10.8 Å². The van der Waals surface area contributed by atoms with Crippen LogP contribution in [0.15, 0.2) is 6.20 Å². The molecule has 0 aromatic carbocycles. The average Bonchev–Trinajstić information content (AvgIpc) is 2.34. The third-order valence-corrected chi connectivity index (χ3v) is 1.94. The van der Waals surface area contributed by atoms with Crippen LogP contribution in [0, 0.1) is 0 Å². The average molecular weight is 159 g/mol. The standard InChI is InChI=1S/C5H9N3OS/c1-8(9-2)5-7-3-4(6)10-5/h3H,6H2,1-2H3. The van der Waals surface area contributed by atoms with Crippen LogP contribution in [0.4, 0.5) is 10.1 Å². The number of nitrogen functional groups attached to an aromatic ring is 1. The highest BCUT2D eigenvalue weighted by atomic mass is 32.1. The van der Waals surface area contributed by atoms with Gasteiger partial charge in [0.15, 0.2) is 0 Å². The summed E-state index contributed by atoms with van der Waals surface area (Å²) in [5.41, 5.74) is 5.44. The van der Waals surface area contributed by atoms with Gasteiger partial charge >= 0.3 is 0 Å². The fraction of sp³-hybridized carbons (Fsp3) is 0.400. The van der Waals surface area contributed by atoms with Gasteiger partial charge < -0.3 is 5.73 Å². The van der Waals surface area contributed by atoms with Crippen molar-refractivity contribution >= 4 is 21.5 Å². The molecule has 0 bridgehead atoms. The normalized spacial score (nSPS) is 9.80. The second-order valence-electron chi connectivity index (χ2n) is 1.73. The lowest BCUT2D eigenvalue weighted by atomic mass is 10.9. The van der Waals surface area contributed by atoms with Crippen molar-refractivity contribution in [1.29, 1.82) is 0 Å². The van der Waals surface area contributed by atoms with Crippen LogP contribution >= 0.6 is 11.3 Å². The molecular weight excluding hydrogens is 150 g/mol. The zero-order chi connectivity index (χ0) is 7.56. The Balaban J connectivity index is 2.74. The first-order chi connectivity index (χ1) is 4.74.